The third-order valence-electron chi connectivity index (χ3n) is 16.5. The van der Waals surface area contributed by atoms with Crippen LogP contribution in [0.2, 0.25) is 0 Å². The molecule has 13 heteroatoms. The molecule has 0 aromatic heterocycles. The minimum atomic E-state index is -1.70. The summed E-state index contributed by atoms with van der Waals surface area (Å²) in [6.07, 6.45) is -8.99. The van der Waals surface area contributed by atoms with Crippen molar-refractivity contribution in [1.82, 2.24) is 0 Å². The largest absolute Gasteiger partial charge is 0.394 e. The maximum atomic E-state index is 12.3. The minimum Gasteiger partial charge on any atom is -0.394 e. The molecular weight excluding hydrogens is 712 g/mol. The second kappa shape index (κ2) is 15.4. The predicted molar refractivity (Wildman–Crippen MR) is 201 cm³/mol. The lowest BCUT2D eigenvalue weighted by Crippen LogP contribution is -2.71. The van der Waals surface area contributed by atoms with Crippen LogP contribution in [-0.2, 0) is 18.9 Å². The van der Waals surface area contributed by atoms with Gasteiger partial charge in [-0.2, -0.15) is 0 Å². The lowest BCUT2D eigenvalue weighted by molar-refractivity contribution is -0.382. The van der Waals surface area contributed by atoms with Crippen molar-refractivity contribution < 1.29 is 64.9 Å². The average molecular weight is 785 g/mol. The van der Waals surface area contributed by atoms with Gasteiger partial charge in [-0.3, -0.25) is 0 Å². The molecular formula is C42H72O13. The van der Waals surface area contributed by atoms with E-state index in [1.165, 1.54) is 12.5 Å². The highest BCUT2D eigenvalue weighted by Crippen LogP contribution is 2.76. The smallest absolute Gasteiger partial charge is 0.187 e. The molecule has 0 bridgehead atoms. The molecule has 0 unspecified atom stereocenters. The molecule has 2 saturated heterocycles. The number of aliphatic hydroxyl groups is 9. The van der Waals surface area contributed by atoms with E-state index in [-0.39, 0.29) is 23.7 Å². The highest BCUT2D eigenvalue weighted by atomic mass is 16.8. The lowest BCUT2D eigenvalue weighted by Gasteiger charge is -2.72. The van der Waals surface area contributed by atoms with Gasteiger partial charge >= 0.3 is 0 Å². The average Bonchev–Trinajstić information content (AvgIpc) is 3.49. The molecule has 0 amide bonds. The van der Waals surface area contributed by atoms with Crippen LogP contribution in [-0.4, -0.2) is 138 Å². The third kappa shape index (κ3) is 7.10. The zero-order valence-corrected chi connectivity index (χ0v) is 34.4. The van der Waals surface area contributed by atoms with E-state index >= 15 is 0 Å². The van der Waals surface area contributed by atoms with E-state index in [9.17, 15) is 46.0 Å². The quantitative estimate of drug-likeness (QED) is 0.121. The molecule has 21 atom stereocenters. The first-order valence-corrected chi connectivity index (χ1v) is 20.8. The maximum Gasteiger partial charge on any atom is 0.187 e. The number of hydrogen-bond acceptors (Lipinski definition) is 13. The second-order valence-electron chi connectivity index (χ2n) is 20.3. The summed E-state index contributed by atoms with van der Waals surface area (Å²) in [5, 5.41) is 100. The fraction of sp³-hybridized carbons (Fsp3) is 0.952. The Labute approximate surface area is 327 Å². The first-order chi connectivity index (χ1) is 25.5. The summed E-state index contributed by atoms with van der Waals surface area (Å²) < 4.78 is 25.1. The van der Waals surface area contributed by atoms with E-state index in [4.69, 9.17) is 18.9 Å². The topological polar surface area (TPSA) is 219 Å². The summed E-state index contributed by atoms with van der Waals surface area (Å²) in [6, 6.07) is 0. The van der Waals surface area contributed by atoms with E-state index in [0.717, 1.165) is 19.3 Å². The van der Waals surface area contributed by atoms with Crippen molar-refractivity contribution in [1.29, 1.82) is 0 Å². The summed E-state index contributed by atoms with van der Waals surface area (Å²) in [7, 11) is 0. The van der Waals surface area contributed by atoms with Crippen LogP contribution in [0, 0.1) is 45.3 Å². The molecule has 2 aliphatic heterocycles. The van der Waals surface area contributed by atoms with Crippen molar-refractivity contribution in [2.75, 3.05) is 6.61 Å². The van der Waals surface area contributed by atoms with Crippen molar-refractivity contribution in [3.8, 4) is 0 Å². The van der Waals surface area contributed by atoms with Gasteiger partial charge in [-0.1, -0.05) is 46.3 Å². The Morgan fingerprint density at radius 2 is 1.49 bits per heavy atom. The minimum absolute atomic E-state index is 0.0411. The van der Waals surface area contributed by atoms with E-state index < -0.39 is 114 Å². The molecule has 4 saturated carbocycles. The van der Waals surface area contributed by atoms with Crippen LogP contribution in [0.3, 0.4) is 0 Å². The number of ether oxygens (including phenoxy) is 4. The molecule has 55 heavy (non-hydrogen) atoms. The van der Waals surface area contributed by atoms with Crippen molar-refractivity contribution in [2.45, 2.75) is 199 Å². The van der Waals surface area contributed by atoms with Crippen LogP contribution in [0.15, 0.2) is 11.6 Å². The van der Waals surface area contributed by atoms with Crippen molar-refractivity contribution >= 4 is 0 Å². The number of aliphatic hydroxyl groups excluding tert-OH is 8. The Bertz CT molecular complexity index is 1390. The highest BCUT2D eigenvalue weighted by molar-refractivity contribution is 5.22. The van der Waals surface area contributed by atoms with Crippen LogP contribution in [0.25, 0.3) is 0 Å². The van der Waals surface area contributed by atoms with Crippen molar-refractivity contribution in [2.24, 2.45) is 45.3 Å². The third-order valence-corrected chi connectivity index (χ3v) is 16.5. The van der Waals surface area contributed by atoms with Gasteiger partial charge in [0.2, 0.25) is 0 Å². The molecule has 6 rings (SSSR count). The van der Waals surface area contributed by atoms with Crippen LogP contribution >= 0.6 is 0 Å². The molecule has 0 spiro atoms. The van der Waals surface area contributed by atoms with Gasteiger partial charge in [0.05, 0.1) is 36.6 Å². The number of rotatable bonds is 9. The first kappa shape index (κ1) is 43.8. The number of hydrogen-bond donors (Lipinski definition) is 9. The van der Waals surface area contributed by atoms with E-state index in [2.05, 4.69) is 40.7 Å². The summed E-state index contributed by atoms with van der Waals surface area (Å²) in [5.74, 6) is -0.526. The Hall–Kier alpha value is -0.780. The van der Waals surface area contributed by atoms with Gasteiger partial charge in [0.1, 0.15) is 42.7 Å². The van der Waals surface area contributed by atoms with Gasteiger partial charge in [-0.05, 0) is 124 Å². The summed E-state index contributed by atoms with van der Waals surface area (Å²) >= 11 is 0. The Kier molecular flexibility index (Phi) is 12.2. The van der Waals surface area contributed by atoms with Crippen molar-refractivity contribution in [3.05, 3.63) is 11.6 Å². The van der Waals surface area contributed by atoms with E-state index in [1.807, 2.05) is 20.8 Å². The maximum absolute atomic E-state index is 12.3. The van der Waals surface area contributed by atoms with Crippen molar-refractivity contribution in [3.63, 3.8) is 0 Å². The van der Waals surface area contributed by atoms with Crippen LogP contribution in [0.5, 0.6) is 0 Å². The summed E-state index contributed by atoms with van der Waals surface area (Å²) in [4.78, 5) is 0. The van der Waals surface area contributed by atoms with Crippen LogP contribution < -0.4 is 0 Å². The first-order valence-electron chi connectivity index (χ1n) is 20.8. The molecule has 6 fully saturated rings. The van der Waals surface area contributed by atoms with Gasteiger partial charge in [0, 0.05) is 0 Å². The number of fused-ring (bicyclic) bond motifs is 5. The van der Waals surface area contributed by atoms with E-state index in [0.29, 0.717) is 32.1 Å². The van der Waals surface area contributed by atoms with Crippen LogP contribution in [0.1, 0.15) is 114 Å². The highest BCUT2D eigenvalue weighted by Gasteiger charge is 2.73. The normalized spacial score (nSPS) is 53.4. The number of allylic oxidation sites excluding steroid dienone is 2. The molecule has 9 N–H and O–H groups in total. The molecule has 0 aromatic carbocycles. The fourth-order valence-electron chi connectivity index (χ4n) is 13.3. The fourth-order valence-corrected chi connectivity index (χ4v) is 13.3. The second-order valence-corrected chi connectivity index (χ2v) is 20.3. The molecule has 4 aliphatic carbocycles. The molecule has 0 radical (unpaired) electrons. The molecule has 0 aromatic rings. The summed E-state index contributed by atoms with van der Waals surface area (Å²) in [5.41, 5.74) is -1.71. The van der Waals surface area contributed by atoms with Gasteiger partial charge in [-0.15, -0.1) is 0 Å². The summed E-state index contributed by atoms with van der Waals surface area (Å²) in [6.45, 7) is 17.8. The molecule has 2 heterocycles. The van der Waals surface area contributed by atoms with E-state index in [1.54, 1.807) is 0 Å². The van der Waals surface area contributed by atoms with Gasteiger partial charge in [0.15, 0.2) is 12.6 Å². The van der Waals surface area contributed by atoms with Gasteiger partial charge in [0.25, 0.3) is 0 Å². The standard InChI is InChI=1S/C42H72O13/c1-20(2)11-10-14-42(9,51)22-12-16-40(7)28(22)23(44)17-26-39(6)15-13-27(45)38(4,5)35(39)24(18-41(26,40)8)53-37-34(32(49)30(47)25(19-43)54-37)55-36-33(50)31(48)29(46)21(3)52-36/h11,21-37,43-51H,10,12-19H2,1-9H3/t21-,22-,23+,24-,25+,26+,27-,28+,29-,30+,31+,32-,33+,34+,35-,36-,37+,39+,40+,41+,42-/m0/s1. The molecule has 13 nitrogen and oxygen atoms in total. The monoisotopic (exact) mass is 784 g/mol. The Morgan fingerprint density at radius 1 is 0.818 bits per heavy atom. The zero-order valence-electron chi connectivity index (χ0n) is 34.4. The van der Waals surface area contributed by atoms with Gasteiger partial charge in [-0.25, -0.2) is 0 Å². The molecule has 318 valence electrons. The predicted octanol–water partition coefficient (Wildman–Crippen LogP) is 2.15. The Morgan fingerprint density at radius 3 is 2.13 bits per heavy atom. The van der Waals surface area contributed by atoms with Gasteiger partial charge < -0.3 is 64.9 Å². The molecule has 6 aliphatic rings. The zero-order chi connectivity index (χ0) is 40.8. The SMILES string of the molecule is CC(C)=CCC[C@](C)(O)[C@H]1CC[C@]2(C)[C@H]1[C@H](O)C[C@@H]1[C@@]3(C)CC[C@H](O)C(C)(C)[C@@H]3[C@@H](O[C@@H]3O[C@H](CO)[C@@H](O)[C@H](O)[C@H]3O[C@@H]3O[C@@H](C)[C@H](O)[C@@H](O)[C@H]3O)C[C@]12C. The van der Waals surface area contributed by atoms with Crippen LogP contribution in [0.4, 0.5) is 0 Å². The Balaban J connectivity index is 1.38. The lowest BCUT2D eigenvalue weighted by atomic mass is 9.34.